The van der Waals surface area contributed by atoms with Crippen molar-refractivity contribution in [2.75, 3.05) is 7.11 Å². The van der Waals surface area contributed by atoms with Gasteiger partial charge in [-0.3, -0.25) is 0 Å². The monoisotopic (exact) mass is 404 g/mol. The number of hydrogen-bond donors (Lipinski definition) is 0. The third-order valence-electron chi connectivity index (χ3n) is 4.53. The first-order valence-electron chi connectivity index (χ1n) is 9.99. The summed E-state index contributed by atoms with van der Waals surface area (Å²) in [6.07, 6.45) is 2.82. The summed E-state index contributed by atoms with van der Waals surface area (Å²) < 4.78 is 16.9. The fraction of sp³-hybridized carbons (Fsp3) is 0.269. The van der Waals surface area contributed by atoms with Crippen LogP contribution in [-0.2, 0) is 20.9 Å². The molecule has 0 aliphatic carbocycles. The molecule has 0 aromatic heterocycles. The third-order valence-corrected chi connectivity index (χ3v) is 4.53. The van der Waals surface area contributed by atoms with Gasteiger partial charge in [-0.2, -0.15) is 0 Å². The standard InChI is InChI=1S/C26H28O4/c1-26(2,3)30-25(27)17-16-24(29-18-19-12-14-21(28-4)15-13-19)23-11-7-9-20-8-5-6-10-22(20)23/h5-17,24H,18H2,1-4H3/b17-16+/t24-/m0/s1. The Bertz CT molecular complexity index is 1010. The maximum atomic E-state index is 12.2. The first kappa shape index (κ1) is 21.6. The molecule has 0 radical (unpaired) electrons. The van der Waals surface area contributed by atoms with Crippen LogP contribution in [0.25, 0.3) is 10.8 Å². The molecular formula is C26H28O4. The lowest BCUT2D eigenvalue weighted by molar-refractivity contribution is -0.148. The minimum atomic E-state index is -0.541. The fourth-order valence-electron chi connectivity index (χ4n) is 3.16. The largest absolute Gasteiger partial charge is 0.497 e. The van der Waals surface area contributed by atoms with Crippen molar-refractivity contribution in [1.82, 2.24) is 0 Å². The Balaban J connectivity index is 1.86. The van der Waals surface area contributed by atoms with Crippen molar-refractivity contribution in [3.05, 3.63) is 90.0 Å². The van der Waals surface area contributed by atoms with E-state index in [1.54, 1.807) is 13.2 Å². The first-order valence-corrected chi connectivity index (χ1v) is 9.99. The molecule has 156 valence electrons. The van der Waals surface area contributed by atoms with E-state index in [1.807, 2.05) is 69.3 Å². The summed E-state index contributed by atoms with van der Waals surface area (Å²) in [5.74, 6) is 0.412. The fourth-order valence-corrected chi connectivity index (χ4v) is 3.16. The van der Waals surface area contributed by atoms with Gasteiger partial charge in [0.05, 0.1) is 13.7 Å². The lowest BCUT2D eigenvalue weighted by Gasteiger charge is -2.19. The van der Waals surface area contributed by atoms with Crippen molar-refractivity contribution in [1.29, 1.82) is 0 Å². The molecule has 0 amide bonds. The minimum absolute atomic E-state index is 0.388. The van der Waals surface area contributed by atoms with Crippen molar-refractivity contribution in [3.8, 4) is 5.75 Å². The Morgan fingerprint density at radius 3 is 2.37 bits per heavy atom. The van der Waals surface area contributed by atoms with E-state index in [-0.39, 0.29) is 5.97 Å². The van der Waals surface area contributed by atoms with Gasteiger partial charge >= 0.3 is 5.97 Å². The topological polar surface area (TPSA) is 44.8 Å². The summed E-state index contributed by atoms with van der Waals surface area (Å²) in [6.45, 7) is 5.94. The Labute approximate surface area is 178 Å². The normalized spacial score (nSPS) is 12.8. The van der Waals surface area contributed by atoms with Crippen LogP contribution in [0.15, 0.2) is 78.9 Å². The lowest BCUT2D eigenvalue weighted by atomic mass is 10.00. The molecule has 0 aliphatic rings. The van der Waals surface area contributed by atoms with Crippen molar-refractivity contribution >= 4 is 16.7 Å². The van der Waals surface area contributed by atoms with Crippen molar-refractivity contribution in [2.45, 2.75) is 39.1 Å². The second-order valence-corrected chi connectivity index (χ2v) is 8.04. The molecule has 0 N–H and O–H groups in total. The molecule has 4 nitrogen and oxygen atoms in total. The number of rotatable bonds is 7. The zero-order chi connectivity index (χ0) is 21.6. The number of carbonyl (C=O) groups is 1. The highest BCUT2D eigenvalue weighted by Crippen LogP contribution is 2.29. The highest BCUT2D eigenvalue weighted by molar-refractivity contribution is 5.87. The highest BCUT2D eigenvalue weighted by atomic mass is 16.6. The molecule has 0 aliphatic heterocycles. The molecule has 3 rings (SSSR count). The van der Waals surface area contributed by atoms with Gasteiger partial charge in [-0.25, -0.2) is 4.79 Å². The van der Waals surface area contributed by atoms with Crippen LogP contribution < -0.4 is 4.74 Å². The summed E-state index contributed by atoms with van der Waals surface area (Å²) in [6, 6.07) is 22.0. The molecule has 4 heteroatoms. The van der Waals surface area contributed by atoms with Gasteiger partial charge in [-0.05, 0) is 60.9 Å². The molecule has 30 heavy (non-hydrogen) atoms. The number of carbonyl (C=O) groups excluding carboxylic acids is 1. The molecule has 0 saturated carbocycles. The molecule has 0 fully saturated rings. The van der Waals surface area contributed by atoms with Gasteiger partial charge in [0.1, 0.15) is 17.5 Å². The average Bonchev–Trinajstić information content (AvgIpc) is 2.73. The van der Waals surface area contributed by atoms with Gasteiger partial charge in [0.25, 0.3) is 0 Å². The van der Waals surface area contributed by atoms with Crippen molar-refractivity contribution < 1.29 is 19.0 Å². The van der Waals surface area contributed by atoms with E-state index in [0.29, 0.717) is 6.61 Å². The quantitative estimate of drug-likeness (QED) is 0.358. The maximum Gasteiger partial charge on any atom is 0.331 e. The lowest BCUT2D eigenvalue weighted by Crippen LogP contribution is -2.22. The number of benzene rings is 3. The summed E-state index contributed by atoms with van der Waals surface area (Å²) in [7, 11) is 1.64. The highest BCUT2D eigenvalue weighted by Gasteiger charge is 2.16. The molecule has 3 aromatic carbocycles. The van der Waals surface area contributed by atoms with Crippen LogP contribution in [0.4, 0.5) is 0 Å². The van der Waals surface area contributed by atoms with Crippen LogP contribution in [-0.4, -0.2) is 18.7 Å². The van der Waals surface area contributed by atoms with Crippen molar-refractivity contribution in [2.24, 2.45) is 0 Å². The molecule has 0 unspecified atom stereocenters. The SMILES string of the molecule is COc1ccc(CO[C@@H](/C=C/C(=O)OC(C)(C)C)c2cccc3ccccc23)cc1. The van der Waals surface area contributed by atoms with E-state index >= 15 is 0 Å². The van der Waals surface area contributed by atoms with Gasteiger partial charge in [0.2, 0.25) is 0 Å². The van der Waals surface area contributed by atoms with Crippen LogP contribution in [0.5, 0.6) is 5.75 Å². The predicted molar refractivity (Wildman–Crippen MR) is 119 cm³/mol. The average molecular weight is 405 g/mol. The summed E-state index contributed by atoms with van der Waals surface area (Å²) in [5.41, 5.74) is 1.48. The van der Waals surface area contributed by atoms with Gasteiger partial charge in [-0.1, -0.05) is 54.6 Å². The Hall–Kier alpha value is -3.11. The van der Waals surface area contributed by atoms with Crippen molar-refractivity contribution in [3.63, 3.8) is 0 Å². The van der Waals surface area contributed by atoms with Gasteiger partial charge in [-0.15, -0.1) is 0 Å². The molecule has 1 atom stereocenters. The zero-order valence-electron chi connectivity index (χ0n) is 17.9. The second-order valence-electron chi connectivity index (χ2n) is 8.04. The van der Waals surface area contributed by atoms with Crippen LogP contribution in [0.3, 0.4) is 0 Å². The van der Waals surface area contributed by atoms with Crippen LogP contribution >= 0.6 is 0 Å². The summed E-state index contributed by atoms with van der Waals surface area (Å²) in [4.78, 5) is 12.2. The number of ether oxygens (including phenoxy) is 3. The molecule has 0 heterocycles. The van der Waals surface area contributed by atoms with Crippen LogP contribution in [0.2, 0.25) is 0 Å². The van der Waals surface area contributed by atoms with Gasteiger partial charge < -0.3 is 14.2 Å². The molecule has 0 spiro atoms. The van der Waals surface area contributed by atoms with E-state index in [1.165, 1.54) is 6.08 Å². The first-order chi connectivity index (χ1) is 14.4. The Morgan fingerprint density at radius 1 is 0.967 bits per heavy atom. The maximum absolute atomic E-state index is 12.2. The number of esters is 1. The van der Waals surface area contributed by atoms with E-state index in [9.17, 15) is 4.79 Å². The predicted octanol–water partition coefficient (Wildman–Crippen LogP) is 6.00. The van der Waals surface area contributed by atoms with Gasteiger partial charge in [0.15, 0.2) is 0 Å². The molecular weight excluding hydrogens is 376 g/mol. The molecule has 0 bridgehead atoms. The smallest absolute Gasteiger partial charge is 0.331 e. The van der Waals surface area contributed by atoms with E-state index in [0.717, 1.165) is 27.6 Å². The molecule has 0 saturated heterocycles. The van der Waals surface area contributed by atoms with Crippen LogP contribution in [0.1, 0.15) is 38.0 Å². The van der Waals surface area contributed by atoms with Crippen LogP contribution in [0, 0.1) is 0 Å². The Morgan fingerprint density at radius 2 is 1.67 bits per heavy atom. The van der Waals surface area contributed by atoms with E-state index in [4.69, 9.17) is 14.2 Å². The van der Waals surface area contributed by atoms with Gasteiger partial charge in [0, 0.05) is 6.08 Å². The summed E-state index contributed by atoms with van der Waals surface area (Å²) in [5, 5.41) is 2.22. The minimum Gasteiger partial charge on any atom is -0.497 e. The van der Waals surface area contributed by atoms with E-state index in [2.05, 4.69) is 18.2 Å². The third kappa shape index (κ3) is 5.94. The number of methoxy groups -OCH3 is 1. The number of fused-ring (bicyclic) bond motifs is 1. The second kappa shape index (κ2) is 9.59. The Kier molecular flexibility index (Phi) is 6.91. The zero-order valence-corrected chi connectivity index (χ0v) is 17.9. The molecule has 3 aromatic rings. The summed E-state index contributed by atoms with van der Waals surface area (Å²) >= 11 is 0. The number of hydrogen-bond acceptors (Lipinski definition) is 4. The van der Waals surface area contributed by atoms with E-state index < -0.39 is 11.7 Å².